The van der Waals surface area contributed by atoms with Gasteiger partial charge in [-0.1, -0.05) is 0 Å². The molecular weight excluding hydrogens is 302 g/mol. The summed E-state index contributed by atoms with van der Waals surface area (Å²) in [6, 6.07) is 3.92. The van der Waals surface area contributed by atoms with Crippen molar-refractivity contribution in [3.05, 3.63) is 36.0 Å². The van der Waals surface area contributed by atoms with E-state index in [4.69, 9.17) is 0 Å². The summed E-state index contributed by atoms with van der Waals surface area (Å²) in [5, 5.41) is 8.32. The van der Waals surface area contributed by atoms with Gasteiger partial charge in [0.05, 0.1) is 12.2 Å². The summed E-state index contributed by atoms with van der Waals surface area (Å²) < 4.78 is 26.7. The number of hydrogen-bond acceptors (Lipinski definition) is 5. The molecule has 3 rings (SSSR count). The predicted octanol–water partition coefficient (Wildman–Crippen LogP) is 2.09. The van der Waals surface area contributed by atoms with E-state index in [9.17, 15) is 8.78 Å². The molecule has 0 aliphatic carbocycles. The number of aryl methyl sites for hydroxylation is 1. The molecule has 1 aliphatic heterocycles. The average molecular weight is 322 g/mol. The van der Waals surface area contributed by atoms with Crippen molar-refractivity contribution in [3.63, 3.8) is 0 Å². The first kappa shape index (κ1) is 15.8. The molecule has 0 aromatic carbocycles. The molecule has 0 spiro atoms. The second kappa shape index (κ2) is 6.99. The van der Waals surface area contributed by atoms with Crippen LogP contribution in [-0.2, 0) is 6.54 Å². The van der Waals surface area contributed by atoms with Gasteiger partial charge in [0.1, 0.15) is 5.82 Å². The molecular formula is C15H20F2N6. The van der Waals surface area contributed by atoms with Gasteiger partial charge < -0.3 is 4.90 Å². The van der Waals surface area contributed by atoms with Crippen LogP contribution in [0.1, 0.15) is 24.5 Å². The monoisotopic (exact) mass is 322 g/mol. The van der Waals surface area contributed by atoms with Gasteiger partial charge in [0.25, 0.3) is 0 Å². The highest BCUT2D eigenvalue weighted by atomic mass is 19.3. The quantitative estimate of drug-likeness (QED) is 0.863. The van der Waals surface area contributed by atoms with Crippen LogP contribution in [-0.4, -0.2) is 50.8 Å². The highest BCUT2D eigenvalue weighted by molar-refractivity contribution is 5.37. The Balaban J connectivity index is 1.62. The van der Waals surface area contributed by atoms with E-state index in [1.165, 1.54) is 12.4 Å². The van der Waals surface area contributed by atoms with Crippen molar-refractivity contribution in [3.8, 4) is 0 Å². The van der Waals surface area contributed by atoms with Crippen LogP contribution in [0.15, 0.2) is 24.5 Å². The molecule has 1 fully saturated rings. The molecule has 124 valence electrons. The molecule has 0 unspecified atom stereocenters. The number of halogens is 2. The third kappa shape index (κ3) is 3.82. The molecule has 1 aliphatic rings. The first-order chi connectivity index (χ1) is 11.1. The highest BCUT2D eigenvalue weighted by Gasteiger charge is 2.19. The average Bonchev–Trinajstić information content (AvgIpc) is 2.87. The predicted molar refractivity (Wildman–Crippen MR) is 82.4 cm³/mol. The first-order valence-electron chi connectivity index (χ1n) is 7.71. The van der Waals surface area contributed by atoms with Gasteiger partial charge >= 0.3 is 6.55 Å². The van der Waals surface area contributed by atoms with Crippen molar-refractivity contribution in [1.82, 2.24) is 24.6 Å². The van der Waals surface area contributed by atoms with E-state index in [0.717, 1.165) is 48.7 Å². The zero-order valence-corrected chi connectivity index (χ0v) is 13.1. The molecule has 0 radical (unpaired) electrons. The number of hydrogen-bond donors (Lipinski definition) is 0. The minimum atomic E-state index is -2.54. The van der Waals surface area contributed by atoms with E-state index in [1.54, 1.807) is 0 Å². The molecule has 0 atom stereocenters. The van der Waals surface area contributed by atoms with Gasteiger partial charge in [0.2, 0.25) is 0 Å². The first-order valence-corrected chi connectivity index (χ1v) is 7.71. The minimum Gasteiger partial charge on any atom is -0.354 e. The normalized spacial score (nSPS) is 16.8. The summed E-state index contributed by atoms with van der Waals surface area (Å²) in [6.07, 6.45) is 3.70. The smallest absolute Gasteiger partial charge is 0.319 e. The maximum atomic E-state index is 12.9. The third-order valence-corrected chi connectivity index (χ3v) is 4.02. The molecule has 23 heavy (non-hydrogen) atoms. The zero-order valence-electron chi connectivity index (χ0n) is 13.1. The summed E-state index contributed by atoms with van der Waals surface area (Å²) in [6.45, 7) is 3.12. The van der Waals surface area contributed by atoms with Crippen molar-refractivity contribution >= 4 is 5.82 Å². The maximum Gasteiger partial charge on any atom is 0.319 e. The standard InChI is InChI=1S/C15H20F2N6/c1-12-3-4-13(20-19-12)22-7-2-6-21(9-10-22)11-14-18-5-8-23(14)15(16)17/h3-5,8,15H,2,6-7,9-11H2,1H3. The Hall–Kier alpha value is -2.09. The van der Waals surface area contributed by atoms with Crippen LogP contribution in [0.4, 0.5) is 14.6 Å². The number of anilines is 1. The van der Waals surface area contributed by atoms with Gasteiger partial charge in [0, 0.05) is 38.6 Å². The Morgan fingerprint density at radius 2 is 2.00 bits per heavy atom. The van der Waals surface area contributed by atoms with E-state index >= 15 is 0 Å². The second-order valence-electron chi connectivity index (χ2n) is 5.68. The van der Waals surface area contributed by atoms with Crippen LogP contribution >= 0.6 is 0 Å². The fourth-order valence-electron chi connectivity index (χ4n) is 2.76. The van der Waals surface area contributed by atoms with Crippen LogP contribution < -0.4 is 4.90 Å². The molecule has 2 aromatic rings. The fraction of sp³-hybridized carbons (Fsp3) is 0.533. The van der Waals surface area contributed by atoms with E-state index in [-0.39, 0.29) is 0 Å². The Kier molecular flexibility index (Phi) is 4.80. The van der Waals surface area contributed by atoms with E-state index < -0.39 is 6.55 Å². The van der Waals surface area contributed by atoms with Crippen molar-refractivity contribution in [2.24, 2.45) is 0 Å². The topological polar surface area (TPSA) is 50.1 Å². The summed E-state index contributed by atoms with van der Waals surface area (Å²) in [5.41, 5.74) is 0.893. The van der Waals surface area contributed by atoms with Gasteiger partial charge in [-0.2, -0.15) is 13.9 Å². The van der Waals surface area contributed by atoms with Crippen LogP contribution in [0.5, 0.6) is 0 Å². The van der Waals surface area contributed by atoms with E-state index in [0.29, 0.717) is 12.4 Å². The van der Waals surface area contributed by atoms with Gasteiger partial charge in [-0.25, -0.2) is 4.98 Å². The minimum absolute atomic E-state index is 0.406. The van der Waals surface area contributed by atoms with E-state index in [2.05, 4.69) is 25.0 Å². The molecule has 0 amide bonds. The zero-order chi connectivity index (χ0) is 16.2. The SMILES string of the molecule is Cc1ccc(N2CCCN(Cc3nccn3C(F)F)CC2)nn1. The molecule has 1 saturated heterocycles. The molecule has 6 nitrogen and oxygen atoms in total. The summed E-state index contributed by atoms with van der Waals surface area (Å²) in [4.78, 5) is 8.40. The van der Waals surface area contributed by atoms with Gasteiger partial charge in [0.15, 0.2) is 5.82 Å². The fourth-order valence-corrected chi connectivity index (χ4v) is 2.76. The van der Waals surface area contributed by atoms with Gasteiger partial charge in [-0.3, -0.25) is 9.47 Å². The van der Waals surface area contributed by atoms with Crippen LogP contribution in [0, 0.1) is 6.92 Å². The number of nitrogens with zero attached hydrogens (tertiary/aromatic N) is 6. The summed E-state index contributed by atoms with van der Waals surface area (Å²) >= 11 is 0. The van der Waals surface area contributed by atoms with Crippen LogP contribution in [0.2, 0.25) is 0 Å². The van der Waals surface area contributed by atoms with Crippen molar-refractivity contribution < 1.29 is 8.78 Å². The Bertz CT molecular complexity index is 627. The van der Waals surface area contributed by atoms with E-state index in [1.807, 2.05) is 19.1 Å². The largest absolute Gasteiger partial charge is 0.354 e. The van der Waals surface area contributed by atoms with Crippen molar-refractivity contribution in [1.29, 1.82) is 0 Å². The molecule has 8 heteroatoms. The molecule has 0 saturated carbocycles. The lowest BCUT2D eigenvalue weighted by Crippen LogP contribution is -2.31. The van der Waals surface area contributed by atoms with Crippen LogP contribution in [0.3, 0.4) is 0 Å². The maximum absolute atomic E-state index is 12.9. The Labute approximate surface area is 133 Å². The highest BCUT2D eigenvalue weighted by Crippen LogP contribution is 2.17. The lowest BCUT2D eigenvalue weighted by molar-refractivity contribution is 0.0641. The van der Waals surface area contributed by atoms with Crippen molar-refractivity contribution in [2.45, 2.75) is 26.4 Å². The molecule has 2 aromatic heterocycles. The number of aromatic nitrogens is 4. The molecule has 3 heterocycles. The summed E-state index contributed by atoms with van der Waals surface area (Å²) in [7, 11) is 0. The second-order valence-corrected chi connectivity index (χ2v) is 5.68. The summed E-state index contributed by atoms with van der Waals surface area (Å²) in [5.74, 6) is 1.27. The van der Waals surface area contributed by atoms with Crippen LogP contribution in [0.25, 0.3) is 0 Å². The Morgan fingerprint density at radius 1 is 1.13 bits per heavy atom. The Morgan fingerprint density at radius 3 is 2.74 bits per heavy atom. The number of rotatable bonds is 4. The lowest BCUT2D eigenvalue weighted by atomic mass is 10.3. The number of imidazole rings is 1. The molecule has 0 bridgehead atoms. The molecule has 0 N–H and O–H groups in total. The lowest BCUT2D eigenvalue weighted by Gasteiger charge is -2.22. The van der Waals surface area contributed by atoms with Crippen molar-refractivity contribution in [2.75, 3.05) is 31.1 Å². The number of alkyl halides is 2. The van der Waals surface area contributed by atoms with Gasteiger partial charge in [-0.05, 0) is 25.5 Å². The van der Waals surface area contributed by atoms with Gasteiger partial charge in [-0.15, -0.1) is 5.10 Å². The third-order valence-electron chi connectivity index (χ3n) is 4.02.